The smallest absolute Gasteiger partial charge is 0.140 e. The largest absolute Gasteiger partial charge is 0.370 e. The number of aryl methyl sites for hydroxylation is 1. The molecule has 1 aromatic heterocycles. The van der Waals surface area contributed by atoms with Gasteiger partial charge in [0.1, 0.15) is 11.6 Å². The first kappa shape index (κ1) is 12.7. The van der Waals surface area contributed by atoms with Gasteiger partial charge in [0.05, 0.1) is 5.75 Å². The predicted octanol–water partition coefficient (Wildman–Crippen LogP) is 3.04. The Labute approximate surface area is 108 Å². The molecule has 3 nitrogen and oxygen atoms in total. The van der Waals surface area contributed by atoms with Crippen LogP contribution in [-0.4, -0.2) is 22.3 Å². The van der Waals surface area contributed by atoms with E-state index in [4.69, 9.17) is 4.98 Å². The van der Waals surface area contributed by atoms with Crippen LogP contribution in [0.15, 0.2) is 0 Å². The maximum atomic E-state index is 4.72. The van der Waals surface area contributed by atoms with Gasteiger partial charge in [-0.05, 0) is 38.4 Å². The molecule has 0 saturated heterocycles. The van der Waals surface area contributed by atoms with E-state index in [0.29, 0.717) is 0 Å². The second-order valence-corrected chi connectivity index (χ2v) is 5.56. The standard InChI is InChI=1S/C13H21N3S/c1-3-14-13-10-7-5-6-8-11(10)15-12(16-13)9-17-4-2/h3-9H2,1-2H3,(H,14,15,16). The van der Waals surface area contributed by atoms with Crippen LogP contribution in [-0.2, 0) is 18.6 Å². The Morgan fingerprint density at radius 3 is 2.76 bits per heavy atom. The van der Waals surface area contributed by atoms with Crippen molar-refractivity contribution in [3.63, 3.8) is 0 Å². The number of aromatic nitrogens is 2. The molecule has 0 amide bonds. The summed E-state index contributed by atoms with van der Waals surface area (Å²) in [6.07, 6.45) is 4.81. The van der Waals surface area contributed by atoms with Crippen molar-refractivity contribution in [3.8, 4) is 0 Å². The zero-order chi connectivity index (χ0) is 12.1. The first-order valence-corrected chi connectivity index (χ1v) is 7.70. The molecular formula is C13H21N3S. The maximum Gasteiger partial charge on any atom is 0.140 e. The SMILES string of the molecule is CCNc1nc(CSCC)nc2c1CCCC2. The van der Waals surface area contributed by atoms with Crippen molar-refractivity contribution in [1.82, 2.24) is 9.97 Å². The van der Waals surface area contributed by atoms with Gasteiger partial charge in [-0.1, -0.05) is 6.92 Å². The molecule has 1 heterocycles. The molecule has 17 heavy (non-hydrogen) atoms. The molecule has 0 aliphatic heterocycles. The molecule has 1 aliphatic rings. The van der Waals surface area contributed by atoms with E-state index in [1.165, 1.54) is 24.1 Å². The highest BCUT2D eigenvalue weighted by Crippen LogP contribution is 2.26. The fourth-order valence-electron chi connectivity index (χ4n) is 2.22. The van der Waals surface area contributed by atoms with Gasteiger partial charge >= 0.3 is 0 Å². The van der Waals surface area contributed by atoms with Crippen LogP contribution in [0.4, 0.5) is 5.82 Å². The monoisotopic (exact) mass is 251 g/mol. The van der Waals surface area contributed by atoms with Crippen LogP contribution in [0.1, 0.15) is 43.8 Å². The van der Waals surface area contributed by atoms with Crippen LogP contribution < -0.4 is 5.32 Å². The molecular weight excluding hydrogens is 230 g/mol. The highest BCUT2D eigenvalue weighted by atomic mass is 32.2. The van der Waals surface area contributed by atoms with Gasteiger partial charge in [-0.25, -0.2) is 9.97 Å². The molecule has 0 spiro atoms. The van der Waals surface area contributed by atoms with Crippen molar-refractivity contribution in [2.75, 3.05) is 17.6 Å². The Kier molecular flexibility index (Phi) is 4.66. The summed E-state index contributed by atoms with van der Waals surface area (Å²) in [5, 5.41) is 3.39. The number of fused-ring (bicyclic) bond motifs is 1. The van der Waals surface area contributed by atoms with Crippen LogP contribution in [0.5, 0.6) is 0 Å². The molecule has 0 saturated carbocycles. The second-order valence-electron chi connectivity index (χ2n) is 4.29. The predicted molar refractivity (Wildman–Crippen MR) is 74.7 cm³/mol. The topological polar surface area (TPSA) is 37.8 Å². The summed E-state index contributed by atoms with van der Waals surface area (Å²) >= 11 is 1.89. The van der Waals surface area contributed by atoms with Gasteiger partial charge in [-0.2, -0.15) is 11.8 Å². The van der Waals surface area contributed by atoms with E-state index in [-0.39, 0.29) is 0 Å². The van der Waals surface area contributed by atoms with Gasteiger partial charge in [0.2, 0.25) is 0 Å². The molecule has 0 fully saturated rings. The van der Waals surface area contributed by atoms with E-state index >= 15 is 0 Å². The third-order valence-electron chi connectivity index (χ3n) is 3.01. The summed E-state index contributed by atoms with van der Waals surface area (Å²) < 4.78 is 0. The lowest BCUT2D eigenvalue weighted by molar-refractivity contribution is 0.659. The number of rotatable bonds is 5. The Hall–Kier alpha value is -0.770. The molecule has 4 heteroatoms. The molecule has 0 radical (unpaired) electrons. The van der Waals surface area contributed by atoms with E-state index in [9.17, 15) is 0 Å². The molecule has 0 bridgehead atoms. The summed E-state index contributed by atoms with van der Waals surface area (Å²) in [6, 6.07) is 0. The first-order valence-electron chi connectivity index (χ1n) is 6.55. The number of thioether (sulfide) groups is 1. The highest BCUT2D eigenvalue weighted by Gasteiger charge is 2.17. The quantitative estimate of drug-likeness (QED) is 0.873. The molecule has 94 valence electrons. The maximum absolute atomic E-state index is 4.72. The lowest BCUT2D eigenvalue weighted by Gasteiger charge is -2.19. The minimum absolute atomic E-state index is 0.933. The summed E-state index contributed by atoms with van der Waals surface area (Å²) in [5.41, 5.74) is 2.65. The average molecular weight is 251 g/mol. The Bertz CT molecular complexity index is 379. The van der Waals surface area contributed by atoms with Gasteiger partial charge < -0.3 is 5.32 Å². The van der Waals surface area contributed by atoms with Gasteiger partial charge in [0, 0.05) is 17.8 Å². The van der Waals surface area contributed by atoms with Crippen molar-refractivity contribution in [2.24, 2.45) is 0 Å². The fraction of sp³-hybridized carbons (Fsp3) is 0.692. The van der Waals surface area contributed by atoms with Crippen LogP contribution >= 0.6 is 11.8 Å². The van der Waals surface area contributed by atoms with E-state index < -0.39 is 0 Å². The zero-order valence-electron chi connectivity index (χ0n) is 10.8. The molecule has 0 aromatic carbocycles. The molecule has 1 aromatic rings. The van der Waals surface area contributed by atoms with Crippen LogP contribution in [0.3, 0.4) is 0 Å². The van der Waals surface area contributed by atoms with Gasteiger partial charge in [-0.3, -0.25) is 0 Å². The Balaban J connectivity index is 2.27. The third-order valence-corrected chi connectivity index (χ3v) is 3.88. The summed E-state index contributed by atoms with van der Waals surface area (Å²) in [5.74, 6) is 4.14. The summed E-state index contributed by atoms with van der Waals surface area (Å²) in [6.45, 7) is 5.23. The molecule has 1 aliphatic carbocycles. The minimum atomic E-state index is 0.933. The van der Waals surface area contributed by atoms with E-state index in [2.05, 4.69) is 24.1 Å². The highest BCUT2D eigenvalue weighted by molar-refractivity contribution is 7.98. The molecule has 1 N–H and O–H groups in total. The number of hydrogen-bond donors (Lipinski definition) is 1. The van der Waals surface area contributed by atoms with Crippen molar-refractivity contribution in [2.45, 2.75) is 45.3 Å². The molecule has 0 atom stereocenters. The molecule has 2 rings (SSSR count). The second kappa shape index (κ2) is 6.24. The normalized spacial score (nSPS) is 14.5. The minimum Gasteiger partial charge on any atom is -0.370 e. The number of anilines is 1. The van der Waals surface area contributed by atoms with Crippen molar-refractivity contribution >= 4 is 17.6 Å². The van der Waals surface area contributed by atoms with Crippen molar-refractivity contribution in [1.29, 1.82) is 0 Å². The van der Waals surface area contributed by atoms with Crippen LogP contribution in [0.2, 0.25) is 0 Å². The fourth-order valence-corrected chi connectivity index (χ4v) is 2.73. The van der Waals surface area contributed by atoms with Crippen molar-refractivity contribution < 1.29 is 0 Å². The zero-order valence-corrected chi connectivity index (χ0v) is 11.6. The van der Waals surface area contributed by atoms with E-state index in [1.807, 2.05) is 11.8 Å². The van der Waals surface area contributed by atoms with E-state index in [1.54, 1.807) is 0 Å². The Morgan fingerprint density at radius 1 is 1.18 bits per heavy atom. The lowest BCUT2D eigenvalue weighted by Crippen LogP contribution is -2.14. The first-order chi connectivity index (χ1) is 8.35. The van der Waals surface area contributed by atoms with Gasteiger partial charge in [0.25, 0.3) is 0 Å². The Morgan fingerprint density at radius 2 is 2.00 bits per heavy atom. The van der Waals surface area contributed by atoms with Crippen LogP contribution in [0.25, 0.3) is 0 Å². The summed E-state index contributed by atoms with van der Waals surface area (Å²) in [7, 11) is 0. The lowest BCUT2D eigenvalue weighted by atomic mass is 9.96. The van der Waals surface area contributed by atoms with Crippen LogP contribution in [0, 0.1) is 0 Å². The third kappa shape index (κ3) is 3.12. The molecule has 0 unspecified atom stereocenters. The average Bonchev–Trinajstić information content (AvgIpc) is 2.37. The van der Waals surface area contributed by atoms with Crippen molar-refractivity contribution in [3.05, 3.63) is 17.1 Å². The van der Waals surface area contributed by atoms with Gasteiger partial charge in [-0.15, -0.1) is 0 Å². The van der Waals surface area contributed by atoms with E-state index in [0.717, 1.165) is 42.5 Å². The number of nitrogens with zero attached hydrogens (tertiary/aromatic N) is 2. The van der Waals surface area contributed by atoms with Gasteiger partial charge in [0.15, 0.2) is 0 Å². The summed E-state index contributed by atoms with van der Waals surface area (Å²) in [4.78, 5) is 9.39. The number of nitrogens with one attached hydrogen (secondary N) is 1. The number of hydrogen-bond acceptors (Lipinski definition) is 4.